The number of pyridine rings is 1. The highest BCUT2D eigenvalue weighted by atomic mass is 15.0. The highest BCUT2D eigenvalue weighted by molar-refractivity contribution is 5.59. The van der Waals surface area contributed by atoms with Crippen LogP contribution < -0.4 is 5.73 Å². The van der Waals surface area contributed by atoms with Gasteiger partial charge in [0.1, 0.15) is 5.82 Å². The summed E-state index contributed by atoms with van der Waals surface area (Å²) in [6.07, 6.45) is 6.70. The van der Waals surface area contributed by atoms with Crippen molar-refractivity contribution < 1.29 is 0 Å². The van der Waals surface area contributed by atoms with Gasteiger partial charge in [-0.2, -0.15) is 0 Å². The Morgan fingerprint density at radius 1 is 1.35 bits per heavy atom. The first-order valence-corrected chi connectivity index (χ1v) is 5.92. The second kappa shape index (κ2) is 4.99. The fourth-order valence-corrected chi connectivity index (χ4v) is 1.73. The summed E-state index contributed by atoms with van der Waals surface area (Å²) < 4.78 is 2.17. The van der Waals surface area contributed by atoms with Crippen molar-refractivity contribution in [1.82, 2.24) is 14.5 Å². The zero-order chi connectivity index (χ0) is 12.3. The van der Waals surface area contributed by atoms with E-state index in [2.05, 4.69) is 28.4 Å². The van der Waals surface area contributed by atoms with Crippen molar-refractivity contribution >= 4 is 5.82 Å². The van der Waals surface area contributed by atoms with Gasteiger partial charge in [0.2, 0.25) is 0 Å². The number of nitrogen functional groups attached to an aromatic ring is 1. The van der Waals surface area contributed by atoms with Crippen LogP contribution in [-0.4, -0.2) is 14.5 Å². The minimum atomic E-state index is 0.543. The Bertz CT molecular complexity index is 472. The van der Waals surface area contributed by atoms with Crippen LogP contribution in [0.3, 0.4) is 0 Å². The molecule has 0 aliphatic heterocycles. The van der Waals surface area contributed by atoms with E-state index in [1.165, 1.54) is 0 Å². The third-order valence-corrected chi connectivity index (χ3v) is 3.00. The molecule has 0 saturated carbocycles. The van der Waals surface area contributed by atoms with Gasteiger partial charge in [0, 0.05) is 18.3 Å². The van der Waals surface area contributed by atoms with Gasteiger partial charge in [0.25, 0.3) is 0 Å². The molecular formula is C13H18N4. The van der Waals surface area contributed by atoms with E-state index in [0.717, 1.165) is 24.2 Å². The number of hydrogen-bond donors (Lipinski definition) is 1. The topological polar surface area (TPSA) is 56.7 Å². The first-order valence-electron chi connectivity index (χ1n) is 5.92. The van der Waals surface area contributed by atoms with Crippen LogP contribution in [0.4, 0.5) is 5.82 Å². The molecule has 0 aromatic carbocycles. The largest absolute Gasteiger partial charge is 0.384 e. The fourth-order valence-electron chi connectivity index (χ4n) is 1.73. The lowest BCUT2D eigenvalue weighted by Crippen LogP contribution is -2.07. The van der Waals surface area contributed by atoms with Crippen LogP contribution in [0.1, 0.15) is 20.3 Å². The minimum absolute atomic E-state index is 0.543. The van der Waals surface area contributed by atoms with Crippen LogP contribution in [0.5, 0.6) is 0 Å². The molecule has 17 heavy (non-hydrogen) atoms. The minimum Gasteiger partial charge on any atom is -0.384 e. The molecule has 2 rings (SSSR count). The van der Waals surface area contributed by atoms with Gasteiger partial charge >= 0.3 is 0 Å². The van der Waals surface area contributed by atoms with Crippen molar-refractivity contribution in [1.29, 1.82) is 0 Å². The molecule has 0 saturated heterocycles. The van der Waals surface area contributed by atoms with Gasteiger partial charge in [-0.05, 0) is 18.1 Å². The molecule has 0 aliphatic carbocycles. The zero-order valence-corrected chi connectivity index (χ0v) is 10.3. The molecule has 0 bridgehead atoms. The highest BCUT2D eigenvalue weighted by Crippen LogP contribution is 2.20. The van der Waals surface area contributed by atoms with E-state index in [4.69, 9.17) is 5.73 Å². The van der Waals surface area contributed by atoms with E-state index in [0.29, 0.717) is 11.7 Å². The highest BCUT2D eigenvalue weighted by Gasteiger charge is 2.07. The molecule has 4 nitrogen and oxygen atoms in total. The molecule has 2 heterocycles. The van der Waals surface area contributed by atoms with Crippen molar-refractivity contribution in [2.75, 3.05) is 5.73 Å². The maximum atomic E-state index is 5.59. The monoisotopic (exact) mass is 230 g/mol. The van der Waals surface area contributed by atoms with Crippen molar-refractivity contribution in [2.45, 2.75) is 26.8 Å². The molecule has 0 spiro atoms. The van der Waals surface area contributed by atoms with Crippen molar-refractivity contribution in [3.05, 3.63) is 30.9 Å². The Morgan fingerprint density at radius 2 is 2.18 bits per heavy atom. The molecule has 4 heteroatoms. The lowest BCUT2D eigenvalue weighted by molar-refractivity contribution is 0.471. The van der Waals surface area contributed by atoms with Crippen molar-refractivity contribution in [2.24, 2.45) is 5.92 Å². The lowest BCUT2D eigenvalue weighted by Gasteiger charge is -2.12. The molecule has 0 amide bonds. The van der Waals surface area contributed by atoms with Crippen LogP contribution in [-0.2, 0) is 6.54 Å². The SMILES string of the molecule is CCC(C)Cn1cncc1-c1ccc(N)nc1. The van der Waals surface area contributed by atoms with Crippen LogP contribution in [0, 0.1) is 5.92 Å². The first-order chi connectivity index (χ1) is 8.20. The first kappa shape index (κ1) is 11.6. The van der Waals surface area contributed by atoms with Crippen LogP contribution >= 0.6 is 0 Å². The Balaban J connectivity index is 2.27. The van der Waals surface area contributed by atoms with Gasteiger partial charge in [-0.3, -0.25) is 0 Å². The Kier molecular flexibility index (Phi) is 3.42. The number of aromatic nitrogens is 3. The molecule has 1 atom stereocenters. The third-order valence-electron chi connectivity index (χ3n) is 3.00. The number of imidazole rings is 1. The Hall–Kier alpha value is -1.84. The summed E-state index contributed by atoms with van der Waals surface area (Å²) in [4.78, 5) is 8.32. The maximum Gasteiger partial charge on any atom is 0.123 e. The molecular weight excluding hydrogens is 212 g/mol. The van der Waals surface area contributed by atoms with Gasteiger partial charge in [-0.15, -0.1) is 0 Å². The van der Waals surface area contributed by atoms with Gasteiger partial charge in [0.05, 0.1) is 18.2 Å². The number of anilines is 1. The summed E-state index contributed by atoms with van der Waals surface area (Å²) in [6, 6.07) is 3.79. The summed E-state index contributed by atoms with van der Waals surface area (Å²) >= 11 is 0. The quantitative estimate of drug-likeness (QED) is 0.878. The van der Waals surface area contributed by atoms with Gasteiger partial charge in [0.15, 0.2) is 0 Å². The molecule has 2 aromatic rings. The average molecular weight is 230 g/mol. The maximum absolute atomic E-state index is 5.59. The number of nitrogens with two attached hydrogens (primary N) is 1. The molecule has 0 aliphatic rings. The second-order valence-electron chi connectivity index (χ2n) is 4.42. The average Bonchev–Trinajstić information content (AvgIpc) is 2.78. The fraction of sp³-hybridized carbons (Fsp3) is 0.385. The molecule has 1 unspecified atom stereocenters. The standard InChI is InChI=1S/C13H18N4/c1-3-10(2)8-17-9-15-7-12(17)11-4-5-13(14)16-6-11/h4-7,9-10H,3,8H2,1-2H3,(H2,14,16). The van der Waals surface area contributed by atoms with Crippen LogP contribution in [0.15, 0.2) is 30.9 Å². The summed E-state index contributed by atoms with van der Waals surface area (Å²) in [6.45, 7) is 5.42. The number of rotatable bonds is 4. The van der Waals surface area contributed by atoms with E-state index < -0.39 is 0 Å². The Morgan fingerprint density at radius 3 is 2.82 bits per heavy atom. The van der Waals surface area contributed by atoms with E-state index in [1.54, 1.807) is 6.20 Å². The van der Waals surface area contributed by atoms with E-state index in [-0.39, 0.29) is 0 Å². The van der Waals surface area contributed by atoms with Gasteiger partial charge < -0.3 is 10.3 Å². The van der Waals surface area contributed by atoms with Gasteiger partial charge in [-0.1, -0.05) is 20.3 Å². The van der Waals surface area contributed by atoms with Crippen molar-refractivity contribution in [3.63, 3.8) is 0 Å². The molecule has 2 N–H and O–H groups in total. The smallest absolute Gasteiger partial charge is 0.123 e. The number of hydrogen-bond acceptors (Lipinski definition) is 3. The summed E-state index contributed by atoms with van der Waals surface area (Å²) in [5.41, 5.74) is 7.74. The summed E-state index contributed by atoms with van der Waals surface area (Å²) in [5, 5.41) is 0. The number of nitrogens with zero attached hydrogens (tertiary/aromatic N) is 3. The third kappa shape index (κ3) is 2.64. The predicted molar refractivity (Wildman–Crippen MR) is 69.3 cm³/mol. The second-order valence-corrected chi connectivity index (χ2v) is 4.42. The summed E-state index contributed by atoms with van der Waals surface area (Å²) in [7, 11) is 0. The zero-order valence-electron chi connectivity index (χ0n) is 10.3. The van der Waals surface area contributed by atoms with E-state index >= 15 is 0 Å². The predicted octanol–water partition coefficient (Wildman–Crippen LogP) is 2.57. The Labute approximate surface area is 102 Å². The van der Waals surface area contributed by atoms with Crippen molar-refractivity contribution in [3.8, 4) is 11.3 Å². The van der Waals surface area contributed by atoms with E-state index in [9.17, 15) is 0 Å². The van der Waals surface area contributed by atoms with Crippen LogP contribution in [0.2, 0.25) is 0 Å². The molecule has 90 valence electrons. The molecule has 2 aromatic heterocycles. The van der Waals surface area contributed by atoms with Crippen LogP contribution in [0.25, 0.3) is 11.3 Å². The lowest BCUT2D eigenvalue weighted by atomic mass is 10.1. The normalized spacial score (nSPS) is 12.6. The molecule has 0 fully saturated rings. The molecule has 0 radical (unpaired) electrons. The van der Waals surface area contributed by atoms with E-state index in [1.807, 2.05) is 24.7 Å². The van der Waals surface area contributed by atoms with Gasteiger partial charge in [-0.25, -0.2) is 9.97 Å². The summed E-state index contributed by atoms with van der Waals surface area (Å²) in [5.74, 6) is 1.19.